The molecule has 4 nitrogen and oxygen atoms in total. The van der Waals surface area contributed by atoms with E-state index in [1.807, 2.05) is 30.3 Å². The van der Waals surface area contributed by atoms with Crippen molar-refractivity contribution in [2.75, 3.05) is 5.32 Å². The third-order valence-electron chi connectivity index (χ3n) is 5.04. The van der Waals surface area contributed by atoms with Gasteiger partial charge in [-0.15, -0.1) is 0 Å². The first kappa shape index (κ1) is 16.1. The molecule has 3 N–H and O–H groups in total. The summed E-state index contributed by atoms with van der Waals surface area (Å²) in [6, 6.07) is 15.1. The van der Waals surface area contributed by atoms with E-state index in [1.165, 1.54) is 25.0 Å². The van der Waals surface area contributed by atoms with Crippen molar-refractivity contribution in [1.82, 2.24) is 9.55 Å². The van der Waals surface area contributed by atoms with Crippen LogP contribution in [-0.4, -0.2) is 21.6 Å². The summed E-state index contributed by atoms with van der Waals surface area (Å²) in [5, 5.41) is 3.57. The molecular formula is C20H23FN4. The molecule has 1 heterocycles. The van der Waals surface area contributed by atoms with E-state index in [2.05, 4.69) is 16.0 Å². The Hall–Kier alpha value is -2.40. The first-order valence-corrected chi connectivity index (χ1v) is 8.92. The predicted octanol–water partition coefficient (Wildman–Crippen LogP) is 3.91. The van der Waals surface area contributed by atoms with Crippen LogP contribution < -0.4 is 11.1 Å². The summed E-state index contributed by atoms with van der Waals surface area (Å²) in [6.07, 6.45) is 4.52. The van der Waals surface area contributed by atoms with Crippen LogP contribution in [0.25, 0.3) is 11.0 Å². The van der Waals surface area contributed by atoms with Gasteiger partial charge in [-0.3, -0.25) is 0 Å². The second kappa shape index (κ2) is 6.84. The Morgan fingerprint density at radius 1 is 1.08 bits per heavy atom. The maximum absolute atomic E-state index is 13.2. The molecule has 5 heteroatoms. The normalized spacial score (nSPS) is 20.7. The first-order valence-electron chi connectivity index (χ1n) is 8.92. The van der Waals surface area contributed by atoms with Gasteiger partial charge in [0, 0.05) is 12.1 Å². The number of halogens is 1. The number of hydrogen-bond acceptors (Lipinski definition) is 3. The molecule has 1 saturated carbocycles. The van der Waals surface area contributed by atoms with Crippen molar-refractivity contribution in [3.05, 3.63) is 59.9 Å². The van der Waals surface area contributed by atoms with Crippen molar-refractivity contribution in [3.8, 4) is 0 Å². The van der Waals surface area contributed by atoms with E-state index < -0.39 is 0 Å². The number of para-hydroxylation sites is 2. The molecule has 0 radical (unpaired) electrons. The minimum Gasteiger partial charge on any atom is -0.351 e. The zero-order chi connectivity index (χ0) is 17.2. The number of imidazole rings is 1. The monoisotopic (exact) mass is 338 g/mol. The van der Waals surface area contributed by atoms with Gasteiger partial charge in [0.1, 0.15) is 5.82 Å². The maximum atomic E-state index is 13.2. The Morgan fingerprint density at radius 3 is 2.64 bits per heavy atom. The summed E-state index contributed by atoms with van der Waals surface area (Å²) in [7, 11) is 0. The van der Waals surface area contributed by atoms with Gasteiger partial charge in [-0.2, -0.15) is 0 Å². The van der Waals surface area contributed by atoms with E-state index in [4.69, 9.17) is 10.7 Å². The lowest BCUT2D eigenvalue weighted by Gasteiger charge is -2.29. The number of rotatable bonds is 4. The Balaban J connectivity index is 1.68. The molecule has 130 valence electrons. The number of nitrogens with one attached hydrogen (secondary N) is 1. The highest BCUT2D eigenvalue weighted by atomic mass is 19.1. The van der Waals surface area contributed by atoms with Gasteiger partial charge in [0.15, 0.2) is 0 Å². The fourth-order valence-corrected chi connectivity index (χ4v) is 3.62. The molecule has 0 amide bonds. The van der Waals surface area contributed by atoms with Crippen LogP contribution >= 0.6 is 0 Å². The molecule has 1 aliphatic carbocycles. The minimum absolute atomic E-state index is 0.160. The van der Waals surface area contributed by atoms with Gasteiger partial charge in [0.2, 0.25) is 5.95 Å². The van der Waals surface area contributed by atoms with Crippen molar-refractivity contribution in [2.45, 2.75) is 44.3 Å². The molecular weight excluding hydrogens is 315 g/mol. The average Bonchev–Trinajstić information content (AvgIpc) is 2.96. The lowest BCUT2D eigenvalue weighted by atomic mass is 9.91. The van der Waals surface area contributed by atoms with Gasteiger partial charge in [-0.05, 0) is 42.7 Å². The summed E-state index contributed by atoms with van der Waals surface area (Å²) < 4.78 is 15.4. The Morgan fingerprint density at radius 2 is 1.84 bits per heavy atom. The van der Waals surface area contributed by atoms with Gasteiger partial charge in [-0.1, -0.05) is 37.1 Å². The molecule has 0 saturated heterocycles. The fourth-order valence-electron chi connectivity index (χ4n) is 3.62. The second-order valence-corrected chi connectivity index (χ2v) is 6.84. The molecule has 4 rings (SSSR count). The van der Waals surface area contributed by atoms with E-state index >= 15 is 0 Å². The van der Waals surface area contributed by atoms with Gasteiger partial charge in [-0.25, -0.2) is 9.37 Å². The highest BCUT2D eigenvalue weighted by molar-refractivity contribution is 5.78. The first-order chi connectivity index (χ1) is 12.2. The van der Waals surface area contributed by atoms with E-state index in [0.29, 0.717) is 6.54 Å². The summed E-state index contributed by atoms with van der Waals surface area (Å²) in [6.45, 7) is 0.644. The summed E-state index contributed by atoms with van der Waals surface area (Å²) in [4.78, 5) is 4.78. The molecule has 2 atom stereocenters. The third-order valence-corrected chi connectivity index (χ3v) is 5.04. The molecule has 1 fully saturated rings. The molecule has 0 unspecified atom stereocenters. The van der Waals surface area contributed by atoms with Crippen LogP contribution in [0.5, 0.6) is 0 Å². The van der Waals surface area contributed by atoms with Crippen LogP contribution in [0.15, 0.2) is 48.5 Å². The lowest BCUT2D eigenvalue weighted by molar-refractivity contribution is 0.401. The van der Waals surface area contributed by atoms with Crippen molar-refractivity contribution in [3.63, 3.8) is 0 Å². The number of fused-ring (bicyclic) bond motifs is 1. The Labute approximate surface area is 146 Å². The number of benzene rings is 2. The Kier molecular flexibility index (Phi) is 4.40. The summed E-state index contributed by atoms with van der Waals surface area (Å²) in [5.41, 5.74) is 9.36. The van der Waals surface area contributed by atoms with Crippen molar-refractivity contribution in [1.29, 1.82) is 0 Å². The SMILES string of the molecule is N[C@H]1CCCC[C@H]1Nc1nc2ccccc2n1Cc1ccc(F)cc1. The van der Waals surface area contributed by atoms with Crippen LogP contribution in [0.4, 0.5) is 10.3 Å². The van der Waals surface area contributed by atoms with Crippen molar-refractivity contribution >= 4 is 17.0 Å². The smallest absolute Gasteiger partial charge is 0.204 e. The second-order valence-electron chi connectivity index (χ2n) is 6.84. The average molecular weight is 338 g/mol. The fraction of sp³-hybridized carbons (Fsp3) is 0.350. The van der Waals surface area contributed by atoms with Crippen molar-refractivity contribution < 1.29 is 4.39 Å². The summed E-state index contributed by atoms with van der Waals surface area (Å²) >= 11 is 0. The number of hydrogen-bond donors (Lipinski definition) is 2. The topological polar surface area (TPSA) is 55.9 Å². The zero-order valence-corrected chi connectivity index (χ0v) is 14.2. The van der Waals surface area contributed by atoms with Crippen LogP contribution in [0.2, 0.25) is 0 Å². The molecule has 1 aliphatic rings. The van der Waals surface area contributed by atoms with E-state index in [-0.39, 0.29) is 17.9 Å². The number of nitrogens with two attached hydrogens (primary N) is 1. The van der Waals surface area contributed by atoms with Crippen LogP contribution in [0.1, 0.15) is 31.2 Å². The molecule has 0 aliphatic heterocycles. The van der Waals surface area contributed by atoms with Crippen LogP contribution in [0.3, 0.4) is 0 Å². The molecule has 0 spiro atoms. The quantitative estimate of drug-likeness (QED) is 0.758. The molecule has 0 bridgehead atoms. The lowest BCUT2D eigenvalue weighted by Crippen LogP contribution is -2.43. The van der Waals surface area contributed by atoms with Gasteiger partial charge in [0.25, 0.3) is 0 Å². The molecule has 3 aromatic rings. The minimum atomic E-state index is -0.217. The highest BCUT2D eigenvalue weighted by Gasteiger charge is 2.23. The molecule has 25 heavy (non-hydrogen) atoms. The number of nitrogens with zero attached hydrogens (tertiary/aromatic N) is 2. The van der Waals surface area contributed by atoms with E-state index in [1.54, 1.807) is 0 Å². The zero-order valence-electron chi connectivity index (χ0n) is 14.2. The summed E-state index contributed by atoms with van der Waals surface area (Å²) in [5.74, 6) is 0.624. The van der Waals surface area contributed by atoms with Crippen molar-refractivity contribution in [2.24, 2.45) is 5.73 Å². The van der Waals surface area contributed by atoms with E-state index in [9.17, 15) is 4.39 Å². The van der Waals surface area contributed by atoms with Gasteiger partial charge >= 0.3 is 0 Å². The number of aromatic nitrogens is 2. The highest BCUT2D eigenvalue weighted by Crippen LogP contribution is 2.25. The van der Waals surface area contributed by atoms with Crippen LogP contribution in [0, 0.1) is 5.82 Å². The van der Waals surface area contributed by atoms with E-state index in [0.717, 1.165) is 35.4 Å². The van der Waals surface area contributed by atoms with Crippen LogP contribution in [-0.2, 0) is 6.54 Å². The predicted molar refractivity (Wildman–Crippen MR) is 99.1 cm³/mol. The maximum Gasteiger partial charge on any atom is 0.204 e. The molecule has 2 aromatic carbocycles. The Bertz CT molecular complexity index is 856. The largest absolute Gasteiger partial charge is 0.351 e. The van der Waals surface area contributed by atoms with Gasteiger partial charge < -0.3 is 15.6 Å². The standard InChI is InChI=1S/C20H23FN4/c21-15-11-9-14(10-12-15)13-25-19-8-4-3-7-18(19)24-20(25)23-17-6-2-1-5-16(17)22/h3-4,7-12,16-17H,1-2,5-6,13,22H2,(H,23,24)/t16-,17+/m0/s1. The van der Waals surface area contributed by atoms with Gasteiger partial charge in [0.05, 0.1) is 17.6 Å². The third kappa shape index (κ3) is 3.37. The molecule has 1 aromatic heterocycles. The number of anilines is 1.